The second kappa shape index (κ2) is 7.47. The van der Waals surface area contributed by atoms with Crippen molar-refractivity contribution in [1.29, 1.82) is 0 Å². The van der Waals surface area contributed by atoms with E-state index in [1.807, 2.05) is 36.1 Å². The molecular formula is C18H24N2O3S. The fourth-order valence-electron chi connectivity index (χ4n) is 3.03. The van der Waals surface area contributed by atoms with Crippen LogP contribution in [0.1, 0.15) is 24.0 Å². The average molecular weight is 348 g/mol. The molecule has 1 aromatic carbocycles. The molecule has 0 bridgehead atoms. The predicted octanol–water partition coefficient (Wildman–Crippen LogP) is 1.32. The van der Waals surface area contributed by atoms with E-state index in [2.05, 4.69) is 0 Å². The Balaban J connectivity index is 1.45. The second-order valence-electron chi connectivity index (χ2n) is 6.70. The van der Waals surface area contributed by atoms with Gasteiger partial charge in [-0.25, -0.2) is 0 Å². The molecule has 1 aromatic rings. The van der Waals surface area contributed by atoms with E-state index in [1.54, 1.807) is 4.90 Å². The van der Waals surface area contributed by atoms with Gasteiger partial charge in [-0.3, -0.25) is 13.8 Å². The van der Waals surface area contributed by atoms with E-state index < -0.39 is 10.8 Å². The van der Waals surface area contributed by atoms with Gasteiger partial charge in [0.2, 0.25) is 11.8 Å². The molecule has 1 unspecified atom stereocenters. The summed E-state index contributed by atoms with van der Waals surface area (Å²) in [5, 5.41) is 0. The molecule has 1 saturated heterocycles. The lowest BCUT2D eigenvalue weighted by Crippen LogP contribution is -2.51. The molecule has 0 spiro atoms. The first-order chi connectivity index (χ1) is 11.5. The minimum absolute atomic E-state index is 0.0600. The summed E-state index contributed by atoms with van der Waals surface area (Å²) in [5.74, 6) is 0.872. The summed E-state index contributed by atoms with van der Waals surface area (Å²) in [6.45, 7) is 4.31. The van der Waals surface area contributed by atoms with Crippen LogP contribution in [-0.2, 0) is 26.1 Å². The third-order valence-electron chi connectivity index (χ3n) is 4.57. The lowest BCUT2D eigenvalue weighted by Gasteiger charge is -2.34. The standard InChI is InChI=1S/C18H24N2O3S/c1-14-3-2-4-15(11-14)12-24(23)13-17(21)19-7-9-20(10-8-19)18(22)16-5-6-16/h2-4,11,16H,5-10,12-13H2,1H3. The molecule has 1 aliphatic heterocycles. The number of amides is 2. The highest BCUT2D eigenvalue weighted by molar-refractivity contribution is 7.84. The Bertz CT molecular complexity index is 649. The van der Waals surface area contributed by atoms with Crippen LogP contribution in [0.15, 0.2) is 24.3 Å². The average Bonchev–Trinajstić information content (AvgIpc) is 3.39. The zero-order valence-corrected chi connectivity index (χ0v) is 14.9. The van der Waals surface area contributed by atoms with E-state index in [9.17, 15) is 13.8 Å². The Hall–Kier alpha value is -1.69. The van der Waals surface area contributed by atoms with Gasteiger partial charge in [0, 0.05) is 48.6 Å². The van der Waals surface area contributed by atoms with Crippen LogP contribution in [-0.4, -0.2) is 57.8 Å². The van der Waals surface area contributed by atoms with Crippen molar-refractivity contribution in [3.05, 3.63) is 35.4 Å². The van der Waals surface area contributed by atoms with E-state index >= 15 is 0 Å². The van der Waals surface area contributed by atoms with Crippen molar-refractivity contribution >= 4 is 22.6 Å². The van der Waals surface area contributed by atoms with Crippen molar-refractivity contribution in [3.8, 4) is 0 Å². The molecule has 1 atom stereocenters. The molecule has 0 N–H and O–H groups in total. The summed E-state index contributed by atoms with van der Waals surface area (Å²) >= 11 is 0. The molecule has 24 heavy (non-hydrogen) atoms. The van der Waals surface area contributed by atoms with Gasteiger partial charge >= 0.3 is 0 Å². The van der Waals surface area contributed by atoms with Crippen molar-refractivity contribution in [2.45, 2.75) is 25.5 Å². The summed E-state index contributed by atoms with van der Waals surface area (Å²) in [7, 11) is -1.20. The quantitative estimate of drug-likeness (QED) is 0.806. The monoisotopic (exact) mass is 348 g/mol. The summed E-state index contributed by atoms with van der Waals surface area (Å²) in [4.78, 5) is 27.9. The first-order valence-electron chi connectivity index (χ1n) is 8.50. The topological polar surface area (TPSA) is 57.7 Å². The molecule has 1 heterocycles. The summed E-state index contributed by atoms with van der Waals surface area (Å²) in [6, 6.07) is 7.89. The van der Waals surface area contributed by atoms with Gasteiger partial charge in [-0.15, -0.1) is 0 Å². The van der Waals surface area contributed by atoms with Crippen molar-refractivity contribution in [1.82, 2.24) is 9.80 Å². The van der Waals surface area contributed by atoms with Gasteiger partial charge in [0.1, 0.15) is 5.75 Å². The van der Waals surface area contributed by atoms with Gasteiger partial charge in [-0.1, -0.05) is 29.8 Å². The van der Waals surface area contributed by atoms with Crippen LogP contribution >= 0.6 is 0 Å². The SMILES string of the molecule is Cc1cccc(CS(=O)CC(=O)N2CCN(C(=O)C3CC3)CC2)c1. The number of rotatable bonds is 5. The number of carbonyl (C=O) groups excluding carboxylic acids is 2. The van der Waals surface area contributed by atoms with Crippen LogP contribution in [0.2, 0.25) is 0 Å². The third-order valence-corrected chi connectivity index (χ3v) is 5.79. The molecule has 5 nitrogen and oxygen atoms in total. The van der Waals surface area contributed by atoms with Crippen LogP contribution < -0.4 is 0 Å². The third kappa shape index (κ3) is 4.44. The molecule has 0 radical (unpaired) electrons. The second-order valence-corrected chi connectivity index (χ2v) is 8.15. The molecule has 1 saturated carbocycles. The molecule has 3 rings (SSSR count). The van der Waals surface area contributed by atoms with Crippen LogP contribution in [0.4, 0.5) is 0 Å². The van der Waals surface area contributed by atoms with Crippen LogP contribution in [0.5, 0.6) is 0 Å². The highest BCUT2D eigenvalue weighted by Crippen LogP contribution is 2.31. The molecular weight excluding hydrogens is 324 g/mol. The molecule has 130 valence electrons. The maximum absolute atomic E-state index is 12.3. The Morgan fingerprint density at radius 3 is 2.42 bits per heavy atom. The number of nitrogens with zero attached hydrogens (tertiary/aromatic N) is 2. The highest BCUT2D eigenvalue weighted by atomic mass is 32.2. The molecule has 0 aromatic heterocycles. The number of carbonyl (C=O) groups is 2. The van der Waals surface area contributed by atoms with Gasteiger partial charge in [0.05, 0.1) is 0 Å². The van der Waals surface area contributed by atoms with Crippen molar-refractivity contribution in [3.63, 3.8) is 0 Å². The Labute approximate surface area is 145 Å². The predicted molar refractivity (Wildman–Crippen MR) is 93.8 cm³/mol. The minimum atomic E-state index is -1.20. The van der Waals surface area contributed by atoms with Gasteiger partial charge < -0.3 is 9.80 Å². The maximum Gasteiger partial charge on any atom is 0.235 e. The normalized spacial score (nSPS) is 19.2. The van der Waals surface area contributed by atoms with Crippen LogP contribution in [0.3, 0.4) is 0 Å². The van der Waals surface area contributed by atoms with Crippen molar-refractivity contribution < 1.29 is 13.8 Å². The number of piperazine rings is 1. The van der Waals surface area contributed by atoms with E-state index in [-0.39, 0.29) is 23.5 Å². The Morgan fingerprint density at radius 1 is 1.12 bits per heavy atom. The van der Waals surface area contributed by atoms with E-state index in [4.69, 9.17) is 0 Å². The highest BCUT2D eigenvalue weighted by Gasteiger charge is 2.35. The molecule has 1 aliphatic carbocycles. The summed E-state index contributed by atoms with van der Waals surface area (Å²) in [5.41, 5.74) is 2.13. The fraction of sp³-hybridized carbons (Fsp3) is 0.556. The van der Waals surface area contributed by atoms with E-state index in [1.165, 1.54) is 0 Å². The van der Waals surface area contributed by atoms with Gasteiger partial charge in [-0.05, 0) is 25.3 Å². The van der Waals surface area contributed by atoms with Crippen LogP contribution in [0, 0.1) is 12.8 Å². The summed E-state index contributed by atoms with van der Waals surface area (Å²) in [6.07, 6.45) is 2.02. The van der Waals surface area contributed by atoms with Gasteiger partial charge in [0.15, 0.2) is 0 Å². The number of aryl methyl sites for hydroxylation is 1. The molecule has 2 aliphatic rings. The fourth-order valence-corrected chi connectivity index (χ4v) is 4.14. The van der Waals surface area contributed by atoms with Gasteiger partial charge in [0.25, 0.3) is 0 Å². The minimum Gasteiger partial charge on any atom is -0.339 e. The zero-order valence-electron chi connectivity index (χ0n) is 14.1. The lowest BCUT2D eigenvalue weighted by atomic mass is 10.2. The molecule has 2 amide bonds. The Morgan fingerprint density at radius 2 is 1.79 bits per heavy atom. The zero-order chi connectivity index (χ0) is 17.1. The first-order valence-corrected chi connectivity index (χ1v) is 9.99. The lowest BCUT2D eigenvalue weighted by molar-refractivity contribution is -0.139. The maximum atomic E-state index is 12.3. The molecule has 2 fully saturated rings. The van der Waals surface area contributed by atoms with Gasteiger partial charge in [-0.2, -0.15) is 0 Å². The van der Waals surface area contributed by atoms with Crippen molar-refractivity contribution in [2.24, 2.45) is 5.92 Å². The number of hydrogen-bond donors (Lipinski definition) is 0. The molecule has 6 heteroatoms. The van der Waals surface area contributed by atoms with Crippen molar-refractivity contribution in [2.75, 3.05) is 31.9 Å². The largest absolute Gasteiger partial charge is 0.339 e. The summed E-state index contributed by atoms with van der Waals surface area (Å²) < 4.78 is 12.2. The first kappa shape index (κ1) is 17.1. The van der Waals surface area contributed by atoms with Crippen LogP contribution in [0.25, 0.3) is 0 Å². The number of benzene rings is 1. The van der Waals surface area contributed by atoms with E-state index in [0.717, 1.165) is 24.0 Å². The number of hydrogen-bond acceptors (Lipinski definition) is 3. The Kier molecular flexibility index (Phi) is 5.33. The van der Waals surface area contributed by atoms with E-state index in [0.29, 0.717) is 31.9 Å². The smallest absolute Gasteiger partial charge is 0.235 e.